The second-order valence-electron chi connectivity index (χ2n) is 7.95. The number of morpholine rings is 1. The van der Waals surface area contributed by atoms with Crippen LogP contribution in [-0.4, -0.2) is 97.0 Å². The molecule has 4 heterocycles. The number of hydrogen-bond donors (Lipinski definition) is 0. The van der Waals surface area contributed by atoms with Crippen LogP contribution in [-0.2, 0) is 27.4 Å². The Labute approximate surface area is 182 Å². The van der Waals surface area contributed by atoms with E-state index in [2.05, 4.69) is 4.90 Å². The van der Waals surface area contributed by atoms with E-state index >= 15 is 0 Å². The Hall–Kier alpha value is -2.62. The zero-order chi connectivity index (χ0) is 21.5. The van der Waals surface area contributed by atoms with Gasteiger partial charge in [-0.05, 0) is 24.3 Å². The van der Waals surface area contributed by atoms with Gasteiger partial charge < -0.3 is 23.4 Å². The third-order valence-corrected chi connectivity index (χ3v) is 5.73. The minimum absolute atomic E-state index is 0.0808. The molecule has 2 saturated heterocycles. The first-order valence-corrected chi connectivity index (χ1v) is 10.8. The number of ether oxygens (including phenoxy) is 1. The minimum atomic E-state index is 0.0808. The first-order valence-electron chi connectivity index (χ1n) is 10.8. The van der Waals surface area contributed by atoms with E-state index in [1.165, 1.54) is 0 Å². The number of furan rings is 2. The highest BCUT2D eigenvalue weighted by atomic mass is 16.5. The summed E-state index contributed by atoms with van der Waals surface area (Å²) < 4.78 is 16.2. The molecule has 0 saturated carbocycles. The third-order valence-electron chi connectivity index (χ3n) is 5.73. The van der Waals surface area contributed by atoms with Crippen molar-refractivity contribution in [2.24, 2.45) is 0 Å². The van der Waals surface area contributed by atoms with Crippen LogP contribution in [0.15, 0.2) is 45.6 Å². The highest BCUT2D eigenvalue weighted by molar-refractivity contribution is 5.79. The van der Waals surface area contributed by atoms with Crippen molar-refractivity contribution in [3.05, 3.63) is 48.3 Å². The van der Waals surface area contributed by atoms with E-state index in [4.69, 9.17) is 13.6 Å². The maximum absolute atomic E-state index is 13.0. The molecule has 0 radical (unpaired) electrons. The summed E-state index contributed by atoms with van der Waals surface area (Å²) in [5, 5.41) is 0. The number of piperazine rings is 1. The smallest absolute Gasteiger partial charge is 0.236 e. The van der Waals surface area contributed by atoms with Crippen LogP contribution in [0.5, 0.6) is 0 Å². The average molecular weight is 431 g/mol. The van der Waals surface area contributed by atoms with Crippen LogP contribution in [0.4, 0.5) is 0 Å². The van der Waals surface area contributed by atoms with Gasteiger partial charge in [-0.1, -0.05) is 0 Å². The molecule has 0 atom stereocenters. The molecule has 4 rings (SSSR count). The van der Waals surface area contributed by atoms with Gasteiger partial charge >= 0.3 is 0 Å². The zero-order valence-electron chi connectivity index (χ0n) is 17.8. The van der Waals surface area contributed by atoms with Crippen molar-refractivity contribution >= 4 is 11.8 Å². The van der Waals surface area contributed by atoms with Crippen LogP contribution < -0.4 is 0 Å². The number of carbonyl (C=O) groups excluding carboxylic acids is 2. The summed E-state index contributed by atoms with van der Waals surface area (Å²) in [4.78, 5) is 33.3. The van der Waals surface area contributed by atoms with Gasteiger partial charge in [0.2, 0.25) is 11.8 Å². The molecule has 0 aliphatic carbocycles. The number of nitrogens with zero attached hydrogens (tertiary/aromatic N) is 4. The maximum atomic E-state index is 13.0. The molecule has 9 heteroatoms. The standard InChI is InChI=1S/C22H30N4O5/c27-21(26-9-13-29-14-10-26)17-23-5-7-25(8-6-23)22(28)18-24(15-19-3-1-11-30-19)16-20-4-2-12-31-20/h1-4,11-12H,5-10,13-18H2. The lowest BCUT2D eigenvalue weighted by Crippen LogP contribution is -2.54. The molecule has 0 spiro atoms. The predicted molar refractivity (Wildman–Crippen MR) is 112 cm³/mol. The van der Waals surface area contributed by atoms with Crippen molar-refractivity contribution in [2.45, 2.75) is 13.1 Å². The Morgan fingerprint density at radius 1 is 0.806 bits per heavy atom. The van der Waals surface area contributed by atoms with Crippen LogP contribution in [0.3, 0.4) is 0 Å². The lowest BCUT2D eigenvalue weighted by Gasteiger charge is -2.36. The average Bonchev–Trinajstić information content (AvgIpc) is 3.49. The second-order valence-corrected chi connectivity index (χ2v) is 7.95. The van der Waals surface area contributed by atoms with Crippen LogP contribution in [0.1, 0.15) is 11.5 Å². The number of hydrogen-bond acceptors (Lipinski definition) is 7. The molecule has 0 bridgehead atoms. The highest BCUT2D eigenvalue weighted by Crippen LogP contribution is 2.12. The molecule has 31 heavy (non-hydrogen) atoms. The Bertz CT molecular complexity index is 773. The van der Waals surface area contributed by atoms with Gasteiger partial charge in [-0.15, -0.1) is 0 Å². The molecule has 0 unspecified atom stereocenters. The molecule has 2 fully saturated rings. The van der Waals surface area contributed by atoms with Crippen molar-refractivity contribution in [3.8, 4) is 0 Å². The monoisotopic (exact) mass is 430 g/mol. The number of carbonyl (C=O) groups is 2. The minimum Gasteiger partial charge on any atom is -0.468 e. The van der Waals surface area contributed by atoms with E-state index in [9.17, 15) is 9.59 Å². The second kappa shape index (κ2) is 10.6. The van der Waals surface area contributed by atoms with Gasteiger partial charge in [0.25, 0.3) is 0 Å². The summed E-state index contributed by atoms with van der Waals surface area (Å²) in [6, 6.07) is 7.51. The Kier molecular flexibility index (Phi) is 7.39. The quantitative estimate of drug-likeness (QED) is 0.615. The molecule has 0 N–H and O–H groups in total. The summed E-state index contributed by atoms with van der Waals surface area (Å²) in [7, 11) is 0. The number of amides is 2. The molecular weight excluding hydrogens is 400 g/mol. The van der Waals surface area contributed by atoms with Gasteiger partial charge in [0.1, 0.15) is 11.5 Å². The molecule has 0 aromatic carbocycles. The maximum Gasteiger partial charge on any atom is 0.236 e. The Morgan fingerprint density at radius 2 is 1.39 bits per heavy atom. The molecule has 2 amide bonds. The van der Waals surface area contributed by atoms with Crippen molar-refractivity contribution in [1.29, 1.82) is 0 Å². The van der Waals surface area contributed by atoms with Gasteiger partial charge in [0, 0.05) is 39.3 Å². The van der Waals surface area contributed by atoms with Crippen LogP contribution in [0, 0.1) is 0 Å². The van der Waals surface area contributed by atoms with Gasteiger partial charge in [-0.2, -0.15) is 0 Å². The predicted octanol–water partition coefficient (Wildman–Crippen LogP) is 0.878. The topological polar surface area (TPSA) is 82.6 Å². The molecule has 2 aliphatic rings. The number of rotatable bonds is 8. The fraction of sp³-hybridized carbons (Fsp3) is 0.545. The van der Waals surface area contributed by atoms with E-state index in [0.29, 0.717) is 72.1 Å². The fourth-order valence-electron chi connectivity index (χ4n) is 3.96. The first kappa shape index (κ1) is 21.6. The molecule has 2 aliphatic heterocycles. The van der Waals surface area contributed by atoms with Crippen molar-refractivity contribution in [2.75, 3.05) is 65.6 Å². The largest absolute Gasteiger partial charge is 0.468 e. The molecule has 9 nitrogen and oxygen atoms in total. The van der Waals surface area contributed by atoms with Crippen molar-refractivity contribution in [1.82, 2.24) is 19.6 Å². The van der Waals surface area contributed by atoms with Gasteiger partial charge in [-0.3, -0.25) is 19.4 Å². The Balaban J connectivity index is 1.26. The van der Waals surface area contributed by atoms with Crippen LogP contribution >= 0.6 is 0 Å². The van der Waals surface area contributed by atoms with E-state index < -0.39 is 0 Å². The lowest BCUT2D eigenvalue weighted by atomic mass is 10.2. The molecular formula is C22H30N4O5. The Morgan fingerprint density at radius 3 is 1.94 bits per heavy atom. The molecule has 168 valence electrons. The summed E-state index contributed by atoms with van der Waals surface area (Å²) in [5.41, 5.74) is 0. The van der Waals surface area contributed by atoms with E-state index in [1.807, 2.05) is 39.0 Å². The summed E-state index contributed by atoms with van der Waals surface area (Å²) in [5.74, 6) is 1.85. The van der Waals surface area contributed by atoms with E-state index in [0.717, 1.165) is 11.5 Å². The molecule has 2 aromatic rings. The van der Waals surface area contributed by atoms with E-state index in [1.54, 1.807) is 12.5 Å². The molecule has 2 aromatic heterocycles. The highest BCUT2D eigenvalue weighted by Gasteiger charge is 2.26. The van der Waals surface area contributed by atoms with Gasteiger partial charge in [0.05, 0.1) is 51.9 Å². The summed E-state index contributed by atoms with van der Waals surface area (Å²) in [6.07, 6.45) is 3.28. The van der Waals surface area contributed by atoms with E-state index in [-0.39, 0.29) is 18.4 Å². The lowest BCUT2D eigenvalue weighted by molar-refractivity contribution is -0.138. The van der Waals surface area contributed by atoms with Crippen molar-refractivity contribution < 1.29 is 23.2 Å². The zero-order valence-corrected chi connectivity index (χ0v) is 17.8. The van der Waals surface area contributed by atoms with Crippen LogP contribution in [0.2, 0.25) is 0 Å². The summed E-state index contributed by atoms with van der Waals surface area (Å²) in [6.45, 7) is 6.99. The SMILES string of the molecule is O=C(CN1CCN(C(=O)CN(Cc2ccco2)Cc2ccco2)CC1)N1CCOCC1. The fourth-order valence-corrected chi connectivity index (χ4v) is 3.96. The van der Waals surface area contributed by atoms with Gasteiger partial charge in [0.15, 0.2) is 0 Å². The van der Waals surface area contributed by atoms with Crippen molar-refractivity contribution in [3.63, 3.8) is 0 Å². The first-order chi connectivity index (χ1) is 15.2. The third kappa shape index (κ3) is 6.19. The summed E-state index contributed by atoms with van der Waals surface area (Å²) >= 11 is 0. The van der Waals surface area contributed by atoms with Crippen LogP contribution in [0.25, 0.3) is 0 Å². The van der Waals surface area contributed by atoms with Gasteiger partial charge in [-0.25, -0.2) is 0 Å². The normalized spacial score (nSPS) is 18.0.